The van der Waals surface area contributed by atoms with Crippen molar-refractivity contribution < 1.29 is 9.26 Å². The van der Waals surface area contributed by atoms with Crippen molar-refractivity contribution in [3.8, 4) is 17.0 Å². The summed E-state index contributed by atoms with van der Waals surface area (Å²) in [5.74, 6) is 1.41. The minimum absolute atomic E-state index is 0.616. The monoisotopic (exact) mass is 204 g/mol. The molecule has 0 amide bonds. The van der Waals surface area contributed by atoms with Crippen molar-refractivity contribution in [2.45, 2.75) is 13.8 Å². The number of ether oxygens (including phenoxy) is 1. The summed E-state index contributed by atoms with van der Waals surface area (Å²) in [6.07, 6.45) is 1.70. The fourth-order valence-electron chi connectivity index (χ4n) is 1.49. The highest BCUT2D eigenvalue weighted by atomic mass is 16.5. The zero-order valence-electron chi connectivity index (χ0n) is 8.94. The Hall–Kier alpha value is -1.84. The molecule has 4 heteroatoms. The van der Waals surface area contributed by atoms with E-state index in [1.807, 2.05) is 26.0 Å². The van der Waals surface area contributed by atoms with Gasteiger partial charge in [0.05, 0.1) is 13.3 Å². The number of pyridine rings is 1. The van der Waals surface area contributed by atoms with Crippen LogP contribution in [0.2, 0.25) is 0 Å². The van der Waals surface area contributed by atoms with Crippen molar-refractivity contribution in [2.75, 3.05) is 7.11 Å². The van der Waals surface area contributed by atoms with Crippen LogP contribution in [0.5, 0.6) is 5.88 Å². The van der Waals surface area contributed by atoms with Crippen LogP contribution in [0.4, 0.5) is 0 Å². The Morgan fingerprint density at radius 1 is 1.20 bits per heavy atom. The first-order valence-corrected chi connectivity index (χ1v) is 4.65. The van der Waals surface area contributed by atoms with E-state index in [0.717, 1.165) is 22.6 Å². The molecule has 0 bridgehead atoms. The van der Waals surface area contributed by atoms with Gasteiger partial charge in [0.25, 0.3) is 0 Å². The number of methoxy groups -OCH3 is 1. The Bertz CT molecular complexity index is 477. The average molecular weight is 204 g/mol. The largest absolute Gasteiger partial charge is 0.481 e. The van der Waals surface area contributed by atoms with Crippen LogP contribution in [-0.4, -0.2) is 17.3 Å². The Morgan fingerprint density at radius 3 is 2.53 bits per heavy atom. The Kier molecular flexibility index (Phi) is 2.41. The first-order valence-electron chi connectivity index (χ1n) is 4.65. The number of aromatic nitrogens is 2. The molecule has 0 atom stereocenters. The molecule has 0 aliphatic carbocycles. The van der Waals surface area contributed by atoms with Gasteiger partial charge in [-0.05, 0) is 19.9 Å². The van der Waals surface area contributed by atoms with Crippen LogP contribution in [0.25, 0.3) is 11.1 Å². The summed E-state index contributed by atoms with van der Waals surface area (Å²) in [5, 5.41) is 3.75. The van der Waals surface area contributed by atoms with Gasteiger partial charge in [-0.3, -0.25) is 0 Å². The van der Waals surface area contributed by atoms with Gasteiger partial charge in [-0.1, -0.05) is 5.16 Å². The SMILES string of the molecule is COc1ccc(-c2cnoc2C)c(C)n1. The van der Waals surface area contributed by atoms with Crippen molar-refractivity contribution in [3.05, 3.63) is 29.8 Å². The van der Waals surface area contributed by atoms with Crippen LogP contribution in [0.1, 0.15) is 11.5 Å². The molecule has 0 N–H and O–H groups in total. The van der Waals surface area contributed by atoms with Crippen LogP contribution in [0.3, 0.4) is 0 Å². The van der Waals surface area contributed by atoms with E-state index in [4.69, 9.17) is 9.26 Å². The summed E-state index contributed by atoms with van der Waals surface area (Å²) in [7, 11) is 1.60. The molecule has 2 rings (SSSR count). The second kappa shape index (κ2) is 3.73. The summed E-state index contributed by atoms with van der Waals surface area (Å²) in [6, 6.07) is 3.79. The third kappa shape index (κ3) is 1.70. The van der Waals surface area contributed by atoms with E-state index in [9.17, 15) is 0 Å². The smallest absolute Gasteiger partial charge is 0.213 e. The van der Waals surface area contributed by atoms with Crippen LogP contribution < -0.4 is 4.74 Å². The number of hydrogen-bond donors (Lipinski definition) is 0. The lowest BCUT2D eigenvalue weighted by molar-refractivity contribution is 0.396. The summed E-state index contributed by atoms with van der Waals surface area (Å²) in [5.41, 5.74) is 2.90. The molecule has 2 aromatic heterocycles. The summed E-state index contributed by atoms with van der Waals surface area (Å²) in [4.78, 5) is 4.30. The minimum Gasteiger partial charge on any atom is -0.481 e. The highest BCUT2D eigenvalue weighted by Gasteiger charge is 2.10. The van der Waals surface area contributed by atoms with E-state index in [1.165, 1.54) is 0 Å². The van der Waals surface area contributed by atoms with Gasteiger partial charge in [-0.15, -0.1) is 0 Å². The minimum atomic E-state index is 0.616. The lowest BCUT2D eigenvalue weighted by Crippen LogP contribution is -1.92. The fraction of sp³-hybridized carbons (Fsp3) is 0.273. The van der Waals surface area contributed by atoms with E-state index < -0.39 is 0 Å². The zero-order chi connectivity index (χ0) is 10.8. The zero-order valence-corrected chi connectivity index (χ0v) is 8.94. The lowest BCUT2D eigenvalue weighted by atomic mass is 10.1. The van der Waals surface area contributed by atoms with Crippen molar-refractivity contribution in [1.29, 1.82) is 0 Å². The predicted molar refractivity (Wildman–Crippen MR) is 55.8 cm³/mol. The van der Waals surface area contributed by atoms with Gasteiger partial charge in [0.1, 0.15) is 5.76 Å². The quantitative estimate of drug-likeness (QED) is 0.753. The fourth-order valence-corrected chi connectivity index (χ4v) is 1.49. The van der Waals surface area contributed by atoms with Gasteiger partial charge in [-0.2, -0.15) is 0 Å². The average Bonchev–Trinajstić information content (AvgIpc) is 2.64. The maximum Gasteiger partial charge on any atom is 0.213 e. The van der Waals surface area contributed by atoms with Gasteiger partial charge in [0, 0.05) is 22.9 Å². The van der Waals surface area contributed by atoms with E-state index in [2.05, 4.69) is 10.1 Å². The molecule has 0 aromatic carbocycles. The second-order valence-corrected chi connectivity index (χ2v) is 3.28. The molecule has 0 spiro atoms. The van der Waals surface area contributed by atoms with E-state index in [0.29, 0.717) is 5.88 Å². The normalized spacial score (nSPS) is 10.3. The van der Waals surface area contributed by atoms with Gasteiger partial charge in [-0.25, -0.2) is 4.98 Å². The molecule has 15 heavy (non-hydrogen) atoms. The van der Waals surface area contributed by atoms with Crippen LogP contribution in [0.15, 0.2) is 22.9 Å². The third-order valence-electron chi connectivity index (χ3n) is 2.31. The molecule has 0 radical (unpaired) electrons. The van der Waals surface area contributed by atoms with Gasteiger partial charge in [0.2, 0.25) is 5.88 Å². The Balaban J connectivity index is 2.50. The van der Waals surface area contributed by atoms with Crippen molar-refractivity contribution in [1.82, 2.24) is 10.1 Å². The summed E-state index contributed by atoms with van der Waals surface area (Å²) in [6.45, 7) is 3.82. The number of nitrogens with zero attached hydrogens (tertiary/aromatic N) is 2. The maximum atomic E-state index is 5.05. The van der Waals surface area contributed by atoms with Crippen LogP contribution in [-0.2, 0) is 0 Å². The molecule has 2 heterocycles. The molecule has 0 unspecified atom stereocenters. The van der Waals surface area contributed by atoms with Crippen molar-refractivity contribution in [2.24, 2.45) is 0 Å². The van der Waals surface area contributed by atoms with E-state index in [1.54, 1.807) is 13.3 Å². The molecule has 0 saturated carbocycles. The van der Waals surface area contributed by atoms with Gasteiger partial charge >= 0.3 is 0 Å². The highest BCUT2D eigenvalue weighted by molar-refractivity contribution is 5.66. The molecule has 0 aliphatic rings. The summed E-state index contributed by atoms with van der Waals surface area (Å²) < 4.78 is 10.1. The molecule has 0 fully saturated rings. The Morgan fingerprint density at radius 2 is 2.00 bits per heavy atom. The molecule has 78 valence electrons. The highest BCUT2D eigenvalue weighted by Crippen LogP contribution is 2.26. The van der Waals surface area contributed by atoms with Gasteiger partial charge < -0.3 is 9.26 Å². The molecule has 0 aliphatic heterocycles. The second-order valence-electron chi connectivity index (χ2n) is 3.28. The molecule has 0 saturated heterocycles. The maximum absolute atomic E-state index is 5.05. The molecular weight excluding hydrogens is 192 g/mol. The van der Waals surface area contributed by atoms with E-state index in [-0.39, 0.29) is 0 Å². The van der Waals surface area contributed by atoms with E-state index >= 15 is 0 Å². The van der Waals surface area contributed by atoms with Crippen molar-refractivity contribution in [3.63, 3.8) is 0 Å². The Labute approximate surface area is 87.9 Å². The number of hydrogen-bond acceptors (Lipinski definition) is 4. The molecule has 2 aromatic rings. The summed E-state index contributed by atoms with van der Waals surface area (Å²) >= 11 is 0. The van der Waals surface area contributed by atoms with Gasteiger partial charge in [0.15, 0.2) is 0 Å². The van der Waals surface area contributed by atoms with Crippen molar-refractivity contribution >= 4 is 0 Å². The molecule has 4 nitrogen and oxygen atoms in total. The first-order chi connectivity index (χ1) is 7.22. The number of aryl methyl sites for hydroxylation is 2. The third-order valence-corrected chi connectivity index (χ3v) is 2.31. The standard InChI is InChI=1S/C11H12N2O2/c1-7-9(4-5-11(13-7)14-3)10-6-12-15-8(10)2/h4-6H,1-3H3. The van der Waals surface area contributed by atoms with Crippen LogP contribution in [0, 0.1) is 13.8 Å². The first kappa shape index (κ1) is 9.71. The topological polar surface area (TPSA) is 48.2 Å². The number of rotatable bonds is 2. The van der Waals surface area contributed by atoms with Crippen LogP contribution >= 0.6 is 0 Å². The lowest BCUT2D eigenvalue weighted by Gasteiger charge is -2.05. The predicted octanol–water partition coefficient (Wildman–Crippen LogP) is 2.36. The molecular formula is C11H12N2O2.